The number of aryl methyl sites for hydroxylation is 1. The second-order valence-electron chi connectivity index (χ2n) is 6.23. The summed E-state index contributed by atoms with van der Waals surface area (Å²) in [6, 6.07) is 7.64. The Kier molecular flexibility index (Phi) is 6.68. The van der Waals surface area contributed by atoms with Crippen molar-refractivity contribution in [3.8, 4) is 0 Å². The molecule has 1 aromatic carbocycles. The Morgan fingerprint density at radius 3 is 2.52 bits per heavy atom. The Labute approximate surface area is 129 Å². The average Bonchev–Trinajstić information content (AvgIpc) is 2.53. The van der Waals surface area contributed by atoms with Crippen LogP contribution in [0, 0.1) is 0 Å². The van der Waals surface area contributed by atoms with Gasteiger partial charge >= 0.3 is 0 Å². The van der Waals surface area contributed by atoms with Gasteiger partial charge < -0.3 is 15.7 Å². The van der Waals surface area contributed by atoms with Crippen molar-refractivity contribution in [1.82, 2.24) is 10.6 Å². The molecule has 2 rings (SSSR count). The van der Waals surface area contributed by atoms with Crippen LogP contribution in [0.5, 0.6) is 0 Å². The van der Waals surface area contributed by atoms with Gasteiger partial charge in [-0.2, -0.15) is 0 Å². The summed E-state index contributed by atoms with van der Waals surface area (Å²) in [5.74, 6) is 0.713. The van der Waals surface area contributed by atoms with Crippen LogP contribution in [0.25, 0.3) is 0 Å². The van der Waals surface area contributed by atoms with E-state index in [9.17, 15) is 0 Å². The lowest BCUT2D eigenvalue weighted by Crippen LogP contribution is -2.29. The molecule has 1 aliphatic rings. The molecule has 0 bridgehead atoms. The third-order valence-corrected chi connectivity index (χ3v) is 4.77. The highest BCUT2D eigenvalue weighted by molar-refractivity contribution is 5.35. The summed E-state index contributed by atoms with van der Waals surface area (Å²) < 4.78 is 0. The molecular formula is C18H30N2O. The van der Waals surface area contributed by atoms with Gasteiger partial charge in [0.05, 0.1) is 0 Å². The van der Waals surface area contributed by atoms with Crippen LogP contribution >= 0.6 is 0 Å². The Bertz CT molecular complexity index is 425. The molecule has 1 aromatic rings. The van der Waals surface area contributed by atoms with Gasteiger partial charge in [0.25, 0.3) is 0 Å². The SMILES string of the molecule is CNCc1cc(CCCO)ccc1C1CCC(NC)CC1. The monoisotopic (exact) mass is 290 g/mol. The number of nitrogens with one attached hydrogen (secondary N) is 2. The fourth-order valence-electron chi connectivity index (χ4n) is 3.53. The Morgan fingerprint density at radius 2 is 1.90 bits per heavy atom. The molecule has 0 amide bonds. The summed E-state index contributed by atoms with van der Waals surface area (Å²) in [4.78, 5) is 0. The van der Waals surface area contributed by atoms with Crippen molar-refractivity contribution in [3.05, 3.63) is 34.9 Å². The van der Waals surface area contributed by atoms with Crippen LogP contribution in [0.4, 0.5) is 0 Å². The fourth-order valence-corrected chi connectivity index (χ4v) is 3.53. The number of aliphatic hydroxyl groups is 1. The smallest absolute Gasteiger partial charge is 0.0434 e. The van der Waals surface area contributed by atoms with E-state index in [2.05, 4.69) is 35.9 Å². The van der Waals surface area contributed by atoms with Gasteiger partial charge in [-0.25, -0.2) is 0 Å². The normalized spacial score (nSPS) is 22.4. The van der Waals surface area contributed by atoms with Crippen molar-refractivity contribution >= 4 is 0 Å². The summed E-state index contributed by atoms with van der Waals surface area (Å²) in [6.07, 6.45) is 6.97. The van der Waals surface area contributed by atoms with Crippen LogP contribution < -0.4 is 10.6 Å². The maximum Gasteiger partial charge on any atom is 0.0434 e. The van der Waals surface area contributed by atoms with Crippen LogP contribution in [0.1, 0.15) is 54.7 Å². The minimum absolute atomic E-state index is 0.275. The molecule has 3 N–H and O–H groups in total. The summed E-state index contributed by atoms with van der Waals surface area (Å²) in [7, 11) is 4.09. The minimum atomic E-state index is 0.275. The van der Waals surface area contributed by atoms with Gasteiger partial charge in [-0.15, -0.1) is 0 Å². The zero-order valence-electron chi connectivity index (χ0n) is 13.5. The van der Waals surface area contributed by atoms with E-state index in [-0.39, 0.29) is 6.61 Å². The van der Waals surface area contributed by atoms with E-state index in [0.29, 0.717) is 12.0 Å². The van der Waals surface area contributed by atoms with Gasteiger partial charge in [-0.3, -0.25) is 0 Å². The lowest BCUT2D eigenvalue weighted by Gasteiger charge is -2.30. The second kappa shape index (κ2) is 8.52. The molecule has 0 saturated heterocycles. The first-order valence-electron chi connectivity index (χ1n) is 8.33. The van der Waals surface area contributed by atoms with Crippen LogP contribution in [-0.4, -0.2) is 31.9 Å². The first kappa shape index (κ1) is 16.5. The molecule has 0 aromatic heterocycles. The van der Waals surface area contributed by atoms with E-state index in [4.69, 9.17) is 5.11 Å². The van der Waals surface area contributed by atoms with Gasteiger partial charge in [-0.1, -0.05) is 18.2 Å². The topological polar surface area (TPSA) is 44.3 Å². The number of hydrogen-bond donors (Lipinski definition) is 3. The van der Waals surface area contributed by atoms with E-state index >= 15 is 0 Å². The zero-order chi connectivity index (χ0) is 15.1. The summed E-state index contributed by atoms with van der Waals surface area (Å²) in [5.41, 5.74) is 4.33. The molecule has 0 aliphatic heterocycles. The predicted molar refractivity (Wildman–Crippen MR) is 88.7 cm³/mol. The highest BCUT2D eigenvalue weighted by atomic mass is 16.2. The maximum absolute atomic E-state index is 8.99. The highest BCUT2D eigenvalue weighted by Crippen LogP contribution is 2.35. The molecule has 3 heteroatoms. The van der Waals surface area contributed by atoms with Crippen molar-refractivity contribution in [3.63, 3.8) is 0 Å². The molecule has 0 atom stereocenters. The van der Waals surface area contributed by atoms with Crippen molar-refractivity contribution < 1.29 is 5.11 Å². The van der Waals surface area contributed by atoms with E-state index in [1.165, 1.54) is 42.4 Å². The molecule has 0 spiro atoms. The standard InChI is InChI=1S/C18H30N2O/c1-19-13-16-12-14(4-3-11-21)5-10-18(16)15-6-8-17(20-2)9-7-15/h5,10,12,15,17,19-21H,3-4,6-9,11,13H2,1-2H3. The molecule has 1 fully saturated rings. The van der Waals surface area contributed by atoms with Crippen molar-refractivity contribution in [1.29, 1.82) is 0 Å². The zero-order valence-corrected chi connectivity index (χ0v) is 13.5. The summed E-state index contributed by atoms with van der Waals surface area (Å²) >= 11 is 0. The van der Waals surface area contributed by atoms with Gasteiger partial charge in [0.1, 0.15) is 0 Å². The van der Waals surface area contributed by atoms with Crippen molar-refractivity contribution in [2.24, 2.45) is 0 Å². The van der Waals surface area contributed by atoms with Crippen molar-refractivity contribution in [2.45, 2.75) is 57.0 Å². The lowest BCUT2D eigenvalue weighted by molar-refractivity contribution is 0.288. The summed E-state index contributed by atoms with van der Waals surface area (Å²) in [5, 5.41) is 15.7. The number of hydrogen-bond acceptors (Lipinski definition) is 3. The average molecular weight is 290 g/mol. The third-order valence-electron chi connectivity index (χ3n) is 4.77. The first-order chi connectivity index (χ1) is 10.3. The van der Waals surface area contributed by atoms with Gasteiger partial charge in [0, 0.05) is 19.2 Å². The molecule has 118 valence electrons. The Balaban J connectivity index is 2.10. The van der Waals surface area contributed by atoms with Crippen LogP contribution in [0.3, 0.4) is 0 Å². The highest BCUT2D eigenvalue weighted by Gasteiger charge is 2.23. The fraction of sp³-hybridized carbons (Fsp3) is 0.667. The Morgan fingerprint density at radius 1 is 1.14 bits per heavy atom. The van der Waals surface area contributed by atoms with Crippen LogP contribution in [-0.2, 0) is 13.0 Å². The molecule has 0 unspecified atom stereocenters. The largest absolute Gasteiger partial charge is 0.396 e. The third kappa shape index (κ3) is 4.53. The molecular weight excluding hydrogens is 260 g/mol. The number of aliphatic hydroxyl groups excluding tert-OH is 1. The van der Waals surface area contributed by atoms with E-state index in [0.717, 1.165) is 19.4 Å². The number of benzene rings is 1. The minimum Gasteiger partial charge on any atom is -0.396 e. The quantitative estimate of drug-likeness (QED) is 0.723. The molecule has 0 heterocycles. The predicted octanol–water partition coefficient (Wildman–Crippen LogP) is 2.58. The second-order valence-corrected chi connectivity index (χ2v) is 6.23. The summed E-state index contributed by atoms with van der Waals surface area (Å²) in [6.45, 7) is 1.21. The molecule has 21 heavy (non-hydrogen) atoms. The van der Waals surface area contributed by atoms with Gasteiger partial charge in [0.15, 0.2) is 0 Å². The van der Waals surface area contributed by atoms with E-state index < -0.39 is 0 Å². The van der Waals surface area contributed by atoms with Gasteiger partial charge in [0.2, 0.25) is 0 Å². The lowest BCUT2D eigenvalue weighted by atomic mass is 9.79. The van der Waals surface area contributed by atoms with Gasteiger partial charge in [-0.05, 0) is 75.2 Å². The van der Waals surface area contributed by atoms with Crippen LogP contribution in [0.2, 0.25) is 0 Å². The molecule has 3 nitrogen and oxygen atoms in total. The molecule has 1 aliphatic carbocycles. The first-order valence-corrected chi connectivity index (χ1v) is 8.33. The van der Waals surface area contributed by atoms with E-state index in [1.807, 2.05) is 7.05 Å². The molecule has 1 saturated carbocycles. The molecule has 0 radical (unpaired) electrons. The maximum atomic E-state index is 8.99. The Hall–Kier alpha value is -0.900. The van der Waals surface area contributed by atoms with E-state index in [1.54, 1.807) is 0 Å². The van der Waals surface area contributed by atoms with Crippen LogP contribution in [0.15, 0.2) is 18.2 Å². The number of rotatable bonds is 7. The van der Waals surface area contributed by atoms with Crippen molar-refractivity contribution in [2.75, 3.05) is 20.7 Å².